The maximum Gasteiger partial charge on any atom is 0.326 e. The number of aliphatic carboxylic acids is 1. The molecule has 1 saturated carbocycles. The quantitative estimate of drug-likeness (QED) is 0.487. The van der Waals surface area contributed by atoms with Crippen molar-refractivity contribution in [3.8, 4) is 0 Å². The van der Waals surface area contributed by atoms with Crippen LogP contribution in [0.1, 0.15) is 44.9 Å². The molecule has 0 radical (unpaired) electrons. The van der Waals surface area contributed by atoms with E-state index in [1.807, 2.05) is 0 Å². The van der Waals surface area contributed by atoms with Crippen molar-refractivity contribution in [2.75, 3.05) is 6.54 Å². The van der Waals surface area contributed by atoms with Crippen LogP contribution in [-0.2, 0) is 9.59 Å². The number of nitrogens with one attached hydrogen (secondary N) is 2. The number of urea groups is 1. The molecule has 0 aromatic carbocycles. The highest BCUT2D eigenvalue weighted by Gasteiger charge is 2.22. The van der Waals surface area contributed by atoms with Gasteiger partial charge in [-0.25, -0.2) is 9.59 Å². The molecule has 0 spiro atoms. The summed E-state index contributed by atoms with van der Waals surface area (Å²) in [6, 6.07) is -1.85. The molecule has 20 heavy (non-hydrogen) atoms. The maximum atomic E-state index is 11.5. The number of amides is 3. The van der Waals surface area contributed by atoms with Crippen LogP contribution in [0.3, 0.4) is 0 Å². The fourth-order valence-corrected chi connectivity index (χ4v) is 2.50. The minimum atomic E-state index is -1.28. The third-order valence-corrected chi connectivity index (χ3v) is 3.56. The summed E-state index contributed by atoms with van der Waals surface area (Å²) in [6.45, 7) is 0.505. The number of hydrogen-bond acceptors (Lipinski definition) is 3. The maximum absolute atomic E-state index is 11.5. The first kappa shape index (κ1) is 16.3. The predicted molar refractivity (Wildman–Crippen MR) is 73.0 cm³/mol. The van der Waals surface area contributed by atoms with Gasteiger partial charge >= 0.3 is 12.0 Å². The number of carbonyl (C=O) groups is 3. The number of rotatable bonds is 8. The van der Waals surface area contributed by atoms with Crippen molar-refractivity contribution in [3.63, 3.8) is 0 Å². The topological polar surface area (TPSA) is 122 Å². The van der Waals surface area contributed by atoms with E-state index in [0.29, 0.717) is 6.54 Å². The molecule has 1 unspecified atom stereocenters. The molecule has 0 saturated heterocycles. The molecular weight excluding hydrogens is 262 g/mol. The fourth-order valence-electron chi connectivity index (χ4n) is 2.50. The summed E-state index contributed by atoms with van der Waals surface area (Å²) in [6.07, 6.45) is 6.69. The Morgan fingerprint density at radius 1 is 1.25 bits per heavy atom. The van der Waals surface area contributed by atoms with E-state index in [4.69, 9.17) is 10.8 Å². The molecule has 1 fully saturated rings. The van der Waals surface area contributed by atoms with Crippen LogP contribution in [0.15, 0.2) is 0 Å². The number of nitrogens with two attached hydrogens (primary N) is 1. The van der Waals surface area contributed by atoms with Crippen molar-refractivity contribution >= 4 is 17.9 Å². The van der Waals surface area contributed by atoms with Gasteiger partial charge in [0.15, 0.2) is 0 Å². The van der Waals surface area contributed by atoms with Crippen molar-refractivity contribution in [3.05, 3.63) is 0 Å². The van der Waals surface area contributed by atoms with Gasteiger partial charge in [0.2, 0.25) is 5.91 Å². The Morgan fingerprint density at radius 3 is 2.45 bits per heavy atom. The summed E-state index contributed by atoms with van der Waals surface area (Å²) in [5.74, 6) is -1.27. The van der Waals surface area contributed by atoms with E-state index in [1.54, 1.807) is 0 Å². The van der Waals surface area contributed by atoms with E-state index in [0.717, 1.165) is 18.8 Å². The van der Waals surface area contributed by atoms with Crippen LogP contribution in [0, 0.1) is 5.92 Å². The molecule has 114 valence electrons. The summed E-state index contributed by atoms with van der Waals surface area (Å²) < 4.78 is 0. The molecule has 0 heterocycles. The highest BCUT2D eigenvalue weighted by atomic mass is 16.4. The van der Waals surface area contributed by atoms with E-state index in [1.165, 1.54) is 25.7 Å². The number of carboxylic acid groups (broad SMARTS) is 1. The molecule has 5 N–H and O–H groups in total. The van der Waals surface area contributed by atoms with Crippen LogP contribution >= 0.6 is 0 Å². The SMILES string of the molecule is NC(=O)CC(NC(=O)NCCCC1CCCC1)C(=O)O. The summed E-state index contributed by atoms with van der Waals surface area (Å²) in [4.78, 5) is 33.0. The molecular formula is C13H23N3O4. The van der Waals surface area contributed by atoms with Crippen molar-refractivity contribution in [1.82, 2.24) is 10.6 Å². The van der Waals surface area contributed by atoms with Gasteiger partial charge in [-0.05, 0) is 18.8 Å². The van der Waals surface area contributed by atoms with E-state index in [9.17, 15) is 14.4 Å². The molecule has 0 aromatic heterocycles. The average molecular weight is 285 g/mol. The van der Waals surface area contributed by atoms with Gasteiger partial charge in [-0.3, -0.25) is 4.79 Å². The van der Waals surface area contributed by atoms with Crippen LogP contribution in [0.4, 0.5) is 4.79 Å². The third kappa shape index (κ3) is 6.40. The van der Waals surface area contributed by atoms with Crippen LogP contribution in [0.5, 0.6) is 0 Å². The lowest BCUT2D eigenvalue weighted by Crippen LogP contribution is -2.47. The Kier molecular flexibility index (Phi) is 6.83. The van der Waals surface area contributed by atoms with Crippen LogP contribution in [0.2, 0.25) is 0 Å². The van der Waals surface area contributed by atoms with Crippen molar-refractivity contribution < 1.29 is 19.5 Å². The predicted octanol–water partition coefficient (Wildman–Crippen LogP) is 0.585. The van der Waals surface area contributed by atoms with Crippen LogP contribution < -0.4 is 16.4 Å². The Labute approximate surface area is 118 Å². The molecule has 1 rings (SSSR count). The van der Waals surface area contributed by atoms with E-state index < -0.39 is 30.4 Å². The van der Waals surface area contributed by atoms with Crippen molar-refractivity contribution in [1.29, 1.82) is 0 Å². The minimum absolute atomic E-state index is 0.412. The lowest BCUT2D eigenvalue weighted by Gasteiger charge is -2.14. The smallest absolute Gasteiger partial charge is 0.326 e. The number of carboxylic acids is 1. The zero-order valence-corrected chi connectivity index (χ0v) is 11.6. The molecule has 1 aliphatic carbocycles. The molecule has 0 aromatic rings. The van der Waals surface area contributed by atoms with E-state index in [2.05, 4.69) is 10.6 Å². The molecule has 3 amide bonds. The first-order chi connectivity index (χ1) is 9.49. The van der Waals surface area contributed by atoms with Gasteiger partial charge in [0.05, 0.1) is 6.42 Å². The Hall–Kier alpha value is -1.79. The zero-order valence-electron chi connectivity index (χ0n) is 11.6. The lowest BCUT2D eigenvalue weighted by atomic mass is 10.0. The van der Waals surface area contributed by atoms with Crippen LogP contribution in [0.25, 0.3) is 0 Å². The van der Waals surface area contributed by atoms with Gasteiger partial charge in [0, 0.05) is 6.54 Å². The average Bonchev–Trinajstić information content (AvgIpc) is 2.86. The molecule has 0 aliphatic heterocycles. The van der Waals surface area contributed by atoms with Gasteiger partial charge in [0.25, 0.3) is 0 Å². The fraction of sp³-hybridized carbons (Fsp3) is 0.769. The molecule has 7 nitrogen and oxygen atoms in total. The van der Waals surface area contributed by atoms with Gasteiger partial charge in [-0.1, -0.05) is 25.7 Å². The third-order valence-electron chi connectivity index (χ3n) is 3.56. The first-order valence-corrected chi connectivity index (χ1v) is 7.04. The Bertz CT molecular complexity index is 354. The van der Waals surface area contributed by atoms with Gasteiger partial charge < -0.3 is 21.5 Å². The normalized spacial score (nSPS) is 16.6. The van der Waals surface area contributed by atoms with Gasteiger partial charge in [-0.2, -0.15) is 0 Å². The van der Waals surface area contributed by atoms with Crippen molar-refractivity contribution in [2.45, 2.75) is 51.0 Å². The van der Waals surface area contributed by atoms with Crippen molar-refractivity contribution in [2.24, 2.45) is 11.7 Å². The second-order valence-electron chi connectivity index (χ2n) is 5.25. The summed E-state index contributed by atoms with van der Waals surface area (Å²) in [7, 11) is 0. The summed E-state index contributed by atoms with van der Waals surface area (Å²) >= 11 is 0. The van der Waals surface area contributed by atoms with Gasteiger partial charge in [-0.15, -0.1) is 0 Å². The number of carbonyl (C=O) groups excluding carboxylic acids is 2. The standard InChI is InChI=1S/C13H23N3O4/c14-11(17)8-10(12(18)19)16-13(20)15-7-3-6-9-4-1-2-5-9/h9-10H,1-8H2,(H2,14,17)(H,18,19)(H2,15,16,20). The highest BCUT2D eigenvalue weighted by molar-refractivity contribution is 5.87. The highest BCUT2D eigenvalue weighted by Crippen LogP contribution is 2.28. The molecule has 7 heteroatoms. The number of hydrogen-bond donors (Lipinski definition) is 4. The summed E-state index contributed by atoms with van der Waals surface area (Å²) in [5, 5.41) is 13.7. The molecule has 1 atom stereocenters. The zero-order chi connectivity index (χ0) is 15.0. The minimum Gasteiger partial charge on any atom is -0.480 e. The van der Waals surface area contributed by atoms with Crippen LogP contribution in [-0.4, -0.2) is 35.6 Å². The van der Waals surface area contributed by atoms with E-state index in [-0.39, 0.29) is 0 Å². The molecule has 1 aliphatic rings. The lowest BCUT2D eigenvalue weighted by molar-refractivity contribution is -0.140. The summed E-state index contributed by atoms with van der Waals surface area (Å²) in [5.41, 5.74) is 4.92. The second-order valence-corrected chi connectivity index (χ2v) is 5.25. The second kappa shape index (κ2) is 8.39. The Morgan fingerprint density at radius 2 is 1.90 bits per heavy atom. The van der Waals surface area contributed by atoms with Gasteiger partial charge in [0.1, 0.15) is 6.04 Å². The monoisotopic (exact) mass is 285 g/mol. The number of primary amides is 1. The largest absolute Gasteiger partial charge is 0.480 e. The molecule has 0 bridgehead atoms. The van der Waals surface area contributed by atoms with E-state index >= 15 is 0 Å². The Balaban J connectivity index is 2.17. The first-order valence-electron chi connectivity index (χ1n) is 7.04.